The van der Waals surface area contributed by atoms with Crippen molar-refractivity contribution < 1.29 is 4.74 Å². The Bertz CT molecular complexity index is 528. The van der Waals surface area contributed by atoms with Gasteiger partial charge < -0.3 is 14.5 Å². The van der Waals surface area contributed by atoms with Crippen LogP contribution >= 0.6 is 24.8 Å². The summed E-state index contributed by atoms with van der Waals surface area (Å²) >= 11 is 0. The lowest BCUT2D eigenvalue weighted by Crippen LogP contribution is -2.43. The lowest BCUT2D eigenvalue weighted by Gasteiger charge is -2.45. The van der Waals surface area contributed by atoms with Crippen molar-refractivity contribution in [3.05, 3.63) is 29.3 Å². The number of benzene rings is 1. The molecular formula is C20H34Cl2N2O. The summed E-state index contributed by atoms with van der Waals surface area (Å²) in [5.41, 5.74) is 3.64. The van der Waals surface area contributed by atoms with Crippen LogP contribution in [0, 0.1) is 5.41 Å². The molecule has 0 N–H and O–H groups in total. The first-order valence-corrected chi connectivity index (χ1v) is 9.13. The molecule has 1 fully saturated rings. The number of fused-ring (bicyclic) bond motifs is 1. The maximum Gasteiger partial charge on any atom is 0.119 e. The summed E-state index contributed by atoms with van der Waals surface area (Å²) in [6.45, 7) is 5.03. The Morgan fingerprint density at radius 3 is 2.44 bits per heavy atom. The van der Waals surface area contributed by atoms with Gasteiger partial charge in [-0.2, -0.15) is 0 Å². The predicted octanol–water partition coefficient (Wildman–Crippen LogP) is 4.06. The van der Waals surface area contributed by atoms with E-state index in [0.29, 0.717) is 5.41 Å². The van der Waals surface area contributed by atoms with Gasteiger partial charge in [0.2, 0.25) is 0 Å². The molecule has 0 unspecified atom stereocenters. The molecular weight excluding hydrogens is 355 g/mol. The van der Waals surface area contributed by atoms with Gasteiger partial charge in [-0.1, -0.05) is 6.07 Å². The molecule has 1 aliphatic heterocycles. The Morgan fingerprint density at radius 2 is 1.80 bits per heavy atom. The molecule has 0 amide bonds. The number of aryl methyl sites for hydroxylation is 1. The highest BCUT2D eigenvalue weighted by molar-refractivity contribution is 5.85. The second-order valence-electron chi connectivity index (χ2n) is 7.81. The normalized spacial score (nSPS) is 19.0. The van der Waals surface area contributed by atoms with E-state index in [1.807, 2.05) is 0 Å². The highest BCUT2D eigenvalue weighted by Gasteiger charge is 2.37. The molecule has 25 heavy (non-hydrogen) atoms. The van der Waals surface area contributed by atoms with Crippen molar-refractivity contribution in [2.45, 2.75) is 38.5 Å². The molecule has 2 aliphatic rings. The van der Waals surface area contributed by atoms with Crippen LogP contribution in [0.5, 0.6) is 5.75 Å². The molecule has 0 radical (unpaired) electrons. The molecule has 1 aliphatic carbocycles. The van der Waals surface area contributed by atoms with Crippen molar-refractivity contribution in [2.24, 2.45) is 5.41 Å². The van der Waals surface area contributed by atoms with Gasteiger partial charge >= 0.3 is 0 Å². The standard InChI is InChI=1S/C20H32N2O.2ClH/c1-21(2)11-4-12-22-13-9-20(10-14-22)8-7-17-5-6-19(23-3)15-18(17)16-20;;/h5-6,15H,4,7-14,16H2,1-3H3;2*1H. The lowest BCUT2D eigenvalue weighted by molar-refractivity contribution is 0.0877. The van der Waals surface area contributed by atoms with E-state index in [1.165, 1.54) is 70.3 Å². The fourth-order valence-electron chi connectivity index (χ4n) is 4.32. The summed E-state index contributed by atoms with van der Waals surface area (Å²) in [5, 5.41) is 0. The molecule has 5 heteroatoms. The van der Waals surface area contributed by atoms with Crippen LogP contribution in [-0.2, 0) is 12.8 Å². The Balaban J connectivity index is 0.00000156. The molecule has 144 valence electrons. The molecule has 1 aromatic rings. The third kappa shape index (κ3) is 5.75. The molecule has 3 rings (SSSR count). The van der Waals surface area contributed by atoms with E-state index in [-0.39, 0.29) is 24.8 Å². The Labute approximate surface area is 165 Å². The number of nitrogens with zero attached hydrogens (tertiary/aromatic N) is 2. The predicted molar refractivity (Wildman–Crippen MR) is 111 cm³/mol. The quantitative estimate of drug-likeness (QED) is 0.755. The van der Waals surface area contributed by atoms with Crippen molar-refractivity contribution in [2.75, 3.05) is 47.4 Å². The SMILES string of the molecule is COc1ccc2c(c1)CC1(CC2)CCN(CCCN(C)C)CC1.Cl.Cl. The number of likely N-dealkylation sites (tertiary alicyclic amines) is 1. The van der Waals surface area contributed by atoms with Crippen LogP contribution in [0.4, 0.5) is 0 Å². The van der Waals surface area contributed by atoms with Gasteiger partial charge in [-0.05, 0) is 107 Å². The molecule has 0 saturated carbocycles. The summed E-state index contributed by atoms with van der Waals surface area (Å²) in [6, 6.07) is 6.67. The first kappa shape index (κ1) is 22.6. The zero-order valence-corrected chi connectivity index (χ0v) is 17.6. The third-order valence-electron chi connectivity index (χ3n) is 5.90. The molecule has 1 heterocycles. The van der Waals surface area contributed by atoms with Gasteiger partial charge in [0.05, 0.1) is 7.11 Å². The van der Waals surface area contributed by atoms with Crippen molar-refractivity contribution in [3.8, 4) is 5.75 Å². The summed E-state index contributed by atoms with van der Waals surface area (Å²) < 4.78 is 5.42. The van der Waals surface area contributed by atoms with Crippen LogP contribution in [0.25, 0.3) is 0 Å². The third-order valence-corrected chi connectivity index (χ3v) is 5.90. The Morgan fingerprint density at radius 1 is 1.08 bits per heavy atom. The zero-order chi connectivity index (χ0) is 16.3. The second-order valence-corrected chi connectivity index (χ2v) is 7.81. The van der Waals surface area contributed by atoms with E-state index in [9.17, 15) is 0 Å². The first-order valence-electron chi connectivity index (χ1n) is 9.13. The van der Waals surface area contributed by atoms with Gasteiger partial charge in [0.25, 0.3) is 0 Å². The van der Waals surface area contributed by atoms with Gasteiger partial charge in [-0.25, -0.2) is 0 Å². The van der Waals surface area contributed by atoms with Crippen LogP contribution in [0.3, 0.4) is 0 Å². The minimum absolute atomic E-state index is 0. The summed E-state index contributed by atoms with van der Waals surface area (Å²) in [5.74, 6) is 1.02. The van der Waals surface area contributed by atoms with Crippen molar-refractivity contribution in [3.63, 3.8) is 0 Å². The van der Waals surface area contributed by atoms with Crippen LogP contribution in [0.2, 0.25) is 0 Å². The highest BCUT2D eigenvalue weighted by Crippen LogP contribution is 2.44. The smallest absolute Gasteiger partial charge is 0.119 e. The van der Waals surface area contributed by atoms with E-state index in [2.05, 4.69) is 42.1 Å². The van der Waals surface area contributed by atoms with Crippen LogP contribution in [-0.4, -0.2) is 57.2 Å². The largest absolute Gasteiger partial charge is 0.497 e. The molecule has 0 atom stereocenters. The first-order chi connectivity index (χ1) is 11.1. The Hall–Kier alpha value is -0.480. The molecule has 0 aromatic heterocycles. The minimum atomic E-state index is 0. The number of methoxy groups -OCH3 is 1. The summed E-state index contributed by atoms with van der Waals surface area (Å²) in [7, 11) is 6.10. The van der Waals surface area contributed by atoms with Crippen LogP contribution in [0.15, 0.2) is 18.2 Å². The fraction of sp³-hybridized carbons (Fsp3) is 0.700. The van der Waals surface area contributed by atoms with Crippen molar-refractivity contribution in [1.82, 2.24) is 9.80 Å². The van der Waals surface area contributed by atoms with Crippen LogP contribution < -0.4 is 4.74 Å². The molecule has 1 saturated heterocycles. The van der Waals surface area contributed by atoms with Gasteiger partial charge in [0.1, 0.15) is 5.75 Å². The molecule has 1 aromatic carbocycles. The van der Waals surface area contributed by atoms with E-state index in [0.717, 1.165) is 5.75 Å². The molecule has 1 spiro atoms. The monoisotopic (exact) mass is 388 g/mol. The number of hydrogen-bond donors (Lipinski definition) is 0. The summed E-state index contributed by atoms with van der Waals surface area (Å²) in [6.07, 6.45) is 7.90. The average molecular weight is 389 g/mol. The van der Waals surface area contributed by atoms with Crippen molar-refractivity contribution in [1.29, 1.82) is 0 Å². The molecule has 3 nitrogen and oxygen atoms in total. The molecule has 0 bridgehead atoms. The maximum atomic E-state index is 5.42. The van der Waals surface area contributed by atoms with E-state index >= 15 is 0 Å². The zero-order valence-electron chi connectivity index (χ0n) is 15.9. The van der Waals surface area contributed by atoms with Gasteiger partial charge in [-0.15, -0.1) is 24.8 Å². The highest BCUT2D eigenvalue weighted by atomic mass is 35.5. The van der Waals surface area contributed by atoms with Gasteiger partial charge in [0, 0.05) is 0 Å². The van der Waals surface area contributed by atoms with Crippen LogP contribution in [0.1, 0.15) is 36.8 Å². The van der Waals surface area contributed by atoms with E-state index in [1.54, 1.807) is 12.7 Å². The van der Waals surface area contributed by atoms with E-state index < -0.39 is 0 Å². The number of rotatable bonds is 5. The summed E-state index contributed by atoms with van der Waals surface area (Å²) in [4.78, 5) is 4.97. The second kappa shape index (κ2) is 10.0. The van der Waals surface area contributed by atoms with E-state index in [4.69, 9.17) is 4.74 Å². The minimum Gasteiger partial charge on any atom is -0.497 e. The fourth-order valence-corrected chi connectivity index (χ4v) is 4.32. The number of hydrogen-bond acceptors (Lipinski definition) is 3. The van der Waals surface area contributed by atoms with Gasteiger partial charge in [-0.3, -0.25) is 0 Å². The topological polar surface area (TPSA) is 15.7 Å². The number of ether oxygens (including phenoxy) is 1. The number of piperidine rings is 1. The lowest BCUT2D eigenvalue weighted by atomic mass is 9.66. The maximum absolute atomic E-state index is 5.42. The average Bonchev–Trinajstić information content (AvgIpc) is 2.56. The Kier molecular flexibility index (Phi) is 9.03. The number of halogens is 2. The van der Waals surface area contributed by atoms with Gasteiger partial charge in [0.15, 0.2) is 0 Å². The van der Waals surface area contributed by atoms with Crippen molar-refractivity contribution >= 4 is 24.8 Å².